The molecule has 0 saturated carbocycles. The number of hydrogen-bond acceptors (Lipinski definition) is 9. The predicted octanol–water partition coefficient (Wildman–Crippen LogP) is 7.40. The molecule has 3 saturated heterocycles. The van der Waals surface area contributed by atoms with Gasteiger partial charge in [0.25, 0.3) is 0 Å². The fourth-order valence-corrected chi connectivity index (χ4v) is 9.43. The number of hydrogen-bond donors (Lipinski definition) is 2. The van der Waals surface area contributed by atoms with Crippen LogP contribution in [0.25, 0.3) is 0 Å². The lowest BCUT2D eigenvalue weighted by Crippen LogP contribution is -2.53. The number of methoxy groups -OCH3 is 2. The Morgan fingerprint density at radius 3 is 1.47 bits per heavy atom. The monoisotopic (exact) mass is 847 g/mol. The fourth-order valence-electron chi connectivity index (χ4n) is 9.43. The lowest BCUT2D eigenvalue weighted by molar-refractivity contribution is -0.140. The molecular weight excluding hydrogens is 783 g/mol. The Hall–Kier alpha value is -5.65. The largest absolute Gasteiger partial charge is 0.483 e. The molecule has 0 unspecified atom stereocenters. The molecule has 2 N–H and O–H groups in total. The van der Waals surface area contributed by atoms with Gasteiger partial charge in [0, 0.05) is 31.6 Å². The lowest BCUT2D eigenvalue weighted by atomic mass is 9.97. The molecule has 12 heteroatoms. The highest BCUT2D eigenvalue weighted by Crippen LogP contribution is 2.47. The van der Waals surface area contributed by atoms with E-state index in [0.29, 0.717) is 31.8 Å². The molecule has 0 aliphatic carbocycles. The van der Waals surface area contributed by atoms with E-state index in [1.54, 1.807) is 9.80 Å². The first-order chi connectivity index (χ1) is 29.7. The summed E-state index contributed by atoms with van der Waals surface area (Å²) in [5.74, 6) is -0.173. The van der Waals surface area contributed by atoms with Gasteiger partial charge in [-0.3, -0.25) is 19.2 Å². The normalized spacial score (nSPS) is 20.9. The van der Waals surface area contributed by atoms with Crippen LogP contribution >= 0.6 is 0 Å². The number of likely N-dealkylation sites (tertiary alicyclic amines) is 2. The Balaban J connectivity index is 1.13. The quantitative estimate of drug-likeness (QED) is 0.133. The summed E-state index contributed by atoms with van der Waals surface area (Å²) in [6.45, 7) is 14.6. The second kappa shape index (κ2) is 20.5. The number of nitrogens with zero attached hydrogens (tertiary/aromatic N) is 3. The van der Waals surface area contributed by atoms with E-state index in [9.17, 15) is 24.0 Å². The Morgan fingerprint density at radius 1 is 0.629 bits per heavy atom. The minimum absolute atomic E-state index is 0.00720. The number of aryl methyl sites for hydroxylation is 1. The Labute approximate surface area is 367 Å². The highest BCUT2D eigenvalue weighted by molar-refractivity contribution is 5.94. The first-order valence-electron chi connectivity index (χ1n) is 22.2. The molecule has 0 radical (unpaired) electrons. The van der Waals surface area contributed by atoms with Crippen LogP contribution in [0.3, 0.4) is 0 Å². The minimum Gasteiger partial charge on any atom is -0.483 e. The van der Waals surface area contributed by atoms with Crippen molar-refractivity contribution in [2.24, 2.45) is 11.8 Å². The summed E-state index contributed by atoms with van der Waals surface area (Å²) in [6, 6.07) is 23.3. The number of carbonyl (C=O) groups is 5. The number of anilines is 1. The van der Waals surface area contributed by atoms with E-state index < -0.39 is 30.3 Å². The van der Waals surface area contributed by atoms with Gasteiger partial charge in [-0.25, -0.2) is 4.79 Å². The lowest BCUT2D eigenvalue weighted by Gasteiger charge is -2.33. The third kappa shape index (κ3) is 10.5. The Kier molecular flexibility index (Phi) is 15.2. The summed E-state index contributed by atoms with van der Waals surface area (Å²) < 4.78 is 9.94. The third-order valence-corrected chi connectivity index (χ3v) is 12.9. The molecule has 3 fully saturated rings. The minimum atomic E-state index is -0.773. The first kappa shape index (κ1) is 45.9. The van der Waals surface area contributed by atoms with Gasteiger partial charge in [0.05, 0.1) is 38.4 Å². The maximum Gasteiger partial charge on any atom is 0.407 e. The number of rotatable bonds is 17. The van der Waals surface area contributed by atoms with E-state index in [0.717, 1.165) is 48.1 Å². The van der Waals surface area contributed by atoms with Crippen molar-refractivity contribution in [1.82, 2.24) is 20.4 Å². The van der Waals surface area contributed by atoms with Crippen molar-refractivity contribution in [3.05, 3.63) is 113 Å². The van der Waals surface area contributed by atoms with Gasteiger partial charge in [0.2, 0.25) is 11.8 Å². The van der Waals surface area contributed by atoms with Gasteiger partial charge in [-0.05, 0) is 98.2 Å². The maximum atomic E-state index is 13.8. The van der Waals surface area contributed by atoms with Gasteiger partial charge in [-0.1, -0.05) is 93.9 Å². The molecule has 3 aromatic carbocycles. The van der Waals surface area contributed by atoms with Gasteiger partial charge in [-0.2, -0.15) is 0 Å². The maximum absolute atomic E-state index is 13.8. The topological polar surface area (TPSA) is 138 Å². The average molecular weight is 848 g/mol. The summed E-state index contributed by atoms with van der Waals surface area (Å²) in [6.07, 6.45) is 4.44. The average Bonchev–Trinajstić information content (AvgIpc) is 4.06. The zero-order chi connectivity index (χ0) is 44.7. The van der Waals surface area contributed by atoms with Gasteiger partial charge in [-0.15, -0.1) is 0 Å². The van der Waals surface area contributed by atoms with Gasteiger partial charge in [0.1, 0.15) is 12.1 Å². The standard InChI is InChI=1S/C50H65N5O7/c1-31(2)46(51-34(6)61-7)48(58)53-27-9-11-42(53)44(56)29-35-15-19-37(20-16-35)40-25-26-41(55(40)39-23-13-33(5)14-24-39)38-21-17-36(18-22-38)30-45(57)43-12-10-28-54(43)49(59)47(32(3)4)52-50(60)62-8/h13-24,31-32,40-43,46-47,51H,6,9-12,25-30H2,1-5,7-8H3,(H,52,60)/t40-,41-,42-,43-,46-,47-/m0/s1. The van der Waals surface area contributed by atoms with Crippen molar-refractivity contribution >= 4 is 35.2 Å². The van der Waals surface area contributed by atoms with Crippen molar-refractivity contribution in [1.29, 1.82) is 0 Å². The molecule has 0 bridgehead atoms. The SMILES string of the molecule is C=C(N[C@H](C(=O)N1CCC[C@H]1C(=O)Cc1ccc([C@@H]2CC[C@@H](c3ccc(CC(=O)[C@@H]4CCCN4C(=O)[C@@H](NC(=O)OC)C(C)C)cc3)N2c2ccc(C)cc2)cc1)C(C)C)OC. The van der Waals surface area contributed by atoms with Crippen molar-refractivity contribution < 1.29 is 33.4 Å². The number of ether oxygens (including phenoxy) is 2. The van der Waals surface area contributed by atoms with Crippen LogP contribution in [0.2, 0.25) is 0 Å². The first-order valence-corrected chi connectivity index (χ1v) is 22.2. The van der Waals surface area contributed by atoms with Crippen molar-refractivity contribution in [2.75, 3.05) is 32.2 Å². The number of benzene rings is 3. The second-order valence-corrected chi connectivity index (χ2v) is 17.9. The molecule has 3 amide bonds. The molecule has 3 aliphatic heterocycles. The molecule has 0 aromatic heterocycles. The van der Waals surface area contributed by atoms with Crippen LogP contribution in [0.4, 0.5) is 10.5 Å². The van der Waals surface area contributed by atoms with Gasteiger partial charge in [0.15, 0.2) is 17.4 Å². The molecule has 0 spiro atoms. The molecule has 3 heterocycles. The van der Waals surface area contributed by atoms with Crippen LogP contribution in [0, 0.1) is 18.8 Å². The Morgan fingerprint density at radius 2 is 1.06 bits per heavy atom. The molecule has 62 heavy (non-hydrogen) atoms. The molecular formula is C50H65N5O7. The molecule has 12 nitrogen and oxygen atoms in total. The van der Waals surface area contributed by atoms with Crippen LogP contribution in [0.1, 0.15) is 106 Å². The van der Waals surface area contributed by atoms with Crippen LogP contribution in [0.15, 0.2) is 85.3 Å². The number of carbonyl (C=O) groups excluding carboxylic acids is 5. The number of Topliss-reactive ketones (excluding diaryl/α,β-unsaturated/α-hetero) is 2. The zero-order valence-electron chi connectivity index (χ0n) is 37.5. The van der Waals surface area contributed by atoms with Crippen LogP contribution in [-0.4, -0.2) is 90.8 Å². The summed E-state index contributed by atoms with van der Waals surface area (Å²) in [5.41, 5.74) is 6.47. The van der Waals surface area contributed by atoms with E-state index in [4.69, 9.17) is 9.47 Å². The van der Waals surface area contributed by atoms with E-state index in [2.05, 4.69) is 89.7 Å². The van der Waals surface area contributed by atoms with E-state index in [1.165, 1.54) is 25.3 Å². The number of nitrogens with one attached hydrogen (secondary N) is 2. The summed E-state index contributed by atoms with van der Waals surface area (Å²) in [7, 11) is 2.78. The number of ketones is 2. The van der Waals surface area contributed by atoms with E-state index in [-0.39, 0.29) is 60.1 Å². The van der Waals surface area contributed by atoms with Crippen LogP contribution in [0.5, 0.6) is 0 Å². The fraction of sp³-hybridized carbons (Fsp3) is 0.500. The highest BCUT2D eigenvalue weighted by Gasteiger charge is 2.40. The molecule has 6 rings (SSSR count). The smallest absolute Gasteiger partial charge is 0.407 e. The van der Waals surface area contributed by atoms with Crippen LogP contribution < -0.4 is 15.5 Å². The molecule has 6 atom stereocenters. The number of alkyl carbamates (subject to hydrolysis) is 1. The van der Waals surface area contributed by atoms with Crippen molar-refractivity contribution in [2.45, 2.75) is 122 Å². The van der Waals surface area contributed by atoms with E-state index >= 15 is 0 Å². The predicted molar refractivity (Wildman–Crippen MR) is 240 cm³/mol. The number of amides is 3. The second-order valence-electron chi connectivity index (χ2n) is 17.9. The highest BCUT2D eigenvalue weighted by atomic mass is 16.5. The third-order valence-electron chi connectivity index (χ3n) is 12.9. The molecule has 3 aromatic rings. The van der Waals surface area contributed by atoms with Crippen molar-refractivity contribution in [3.63, 3.8) is 0 Å². The van der Waals surface area contributed by atoms with Gasteiger partial charge < -0.3 is 34.8 Å². The summed E-state index contributed by atoms with van der Waals surface area (Å²) >= 11 is 0. The molecule has 3 aliphatic rings. The van der Waals surface area contributed by atoms with Crippen LogP contribution in [-0.2, 0) is 41.5 Å². The van der Waals surface area contributed by atoms with E-state index in [1.807, 2.05) is 39.8 Å². The zero-order valence-corrected chi connectivity index (χ0v) is 37.5. The molecule has 332 valence electrons. The van der Waals surface area contributed by atoms with Gasteiger partial charge >= 0.3 is 6.09 Å². The Bertz CT molecular complexity index is 1940. The summed E-state index contributed by atoms with van der Waals surface area (Å²) in [4.78, 5) is 72.6. The summed E-state index contributed by atoms with van der Waals surface area (Å²) in [5, 5.41) is 5.74. The van der Waals surface area contributed by atoms with Crippen molar-refractivity contribution in [3.8, 4) is 0 Å².